The zero-order valence-corrected chi connectivity index (χ0v) is 17.8. The van der Waals surface area contributed by atoms with Crippen LogP contribution in [-0.2, 0) is 6.54 Å². The van der Waals surface area contributed by atoms with E-state index in [1.165, 1.54) is 13.2 Å². The van der Waals surface area contributed by atoms with Gasteiger partial charge in [-0.25, -0.2) is 18.4 Å². The molecule has 0 atom stereocenters. The average molecular weight is 423 g/mol. The predicted octanol–water partition coefficient (Wildman–Crippen LogP) is 5.72. The molecule has 0 aliphatic heterocycles. The van der Waals surface area contributed by atoms with Crippen molar-refractivity contribution in [3.63, 3.8) is 0 Å². The maximum atomic E-state index is 14.0. The first-order chi connectivity index (χ1) is 14.9. The van der Waals surface area contributed by atoms with Crippen LogP contribution in [0.4, 0.5) is 8.78 Å². The first-order valence-corrected chi connectivity index (χ1v) is 9.85. The summed E-state index contributed by atoms with van der Waals surface area (Å²) in [6.07, 6.45) is -2.65. The van der Waals surface area contributed by atoms with E-state index in [1.807, 2.05) is 31.2 Å². The molecule has 0 spiro atoms. The lowest BCUT2D eigenvalue weighted by Gasteiger charge is -2.12. The Labute approximate surface area is 179 Å². The number of pyridine rings is 1. The van der Waals surface area contributed by atoms with Gasteiger partial charge in [-0.2, -0.15) is 5.10 Å². The molecule has 2 aromatic heterocycles. The molecule has 0 radical (unpaired) electrons. The Balaban J connectivity index is 1.89. The summed E-state index contributed by atoms with van der Waals surface area (Å²) in [4.78, 5) is 4.72. The first kappa shape index (κ1) is 20.8. The molecule has 2 heterocycles. The molecule has 4 rings (SSSR count). The van der Waals surface area contributed by atoms with Crippen LogP contribution in [0.5, 0.6) is 11.5 Å². The van der Waals surface area contributed by atoms with E-state index in [0.717, 1.165) is 11.1 Å². The van der Waals surface area contributed by atoms with Crippen molar-refractivity contribution in [2.75, 3.05) is 14.2 Å². The number of rotatable bonds is 6. The number of aromatic nitrogens is 3. The van der Waals surface area contributed by atoms with Gasteiger partial charge in [0.15, 0.2) is 17.1 Å². The minimum absolute atomic E-state index is 0.0811. The highest BCUT2D eigenvalue weighted by molar-refractivity contribution is 5.85. The molecular weight excluding hydrogens is 400 g/mol. The Kier molecular flexibility index (Phi) is 5.59. The summed E-state index contributed by atoms with van der Waals surface area (Å²) in [6, 6.07) is 14.7. The number of methoxy groups -OCH3 is 2. The summed E-state index contributed by atoms with van der Waals surface area (Å²) in [5.74, 6) is 1.06. The maximum Gasteiger partial charge on any atom is 0.264 e. The van der Waals surface area contributed by atoms with Crippen molar-refractivity contribution >= 4 is 11.0 Å². The van der Waals surface area contributed by atoms with E-state index in [0.29, 0.717) is 46.0 Å². The monoisotopic (exact) mass is 423 g/mol. The highest BCUT2D eigenvalue weighted by Gasteiger charge is 2.21. The number of hydrogen-bond donors (Lipinski definition) is 0. The van der Waals surface area contributed by atoms with Gasteiger partial charge >= 0.3 is 0 Å². The van der Waals surface area contributed by atoms with E-state index in [4.69, 9.17) is 14.5 Å². The lowest BCUT2D eigenvalue weighted by atomic mass is 10.1. The molecule has 0 N–H and O–H groups in total. The van der Waals surface area contributed by atoms with Crippen LogP contribution in [0.2, 0.25) is 0 Å². The van der Waals surface area contributed by atoms with Gasteiger partial charge in [-0.05, 0) is 43.7 Å². The van der Waals surface area contributed by atoms with E-state index < -0.39 is 6.43 Å². The van der Waals surface area contributed by atoms with Crippen molar-refractivity contribution in [1.82, 2.24) is 14.8 Å². The van der Waals surface area contributed by atoms with E-state index in [-0.39, 0.29) is 5.56 Å². The van der Waals surface area contributed by atoms with Crippen molar-refractivity contribution in [2.45, 2.75) is 26.8 Å². The summed E-state index contributed by atoms with van der Waals surface area (Å²) in [7, 11) is 3.08. The second-order valence-corrected chi connectivity index (χ2v) is 7.39. The van der Waals surface area contributed by atoms with Gasteiger partial charge in [0.05, 0.1) is 37.5 Å². The Morgan fingerprint density at radius 2 is 1.65 bits per heavy atom. The molecule has 7 heteroatoms. The minimum atomic E-state index is -2.65. The van der Waals surface area contributed by atoms with Crippen LogP contribution < -0.4 is 9.47 Å². The van der Waals surface area contributed by atoms with E-state index in [2.05, 4.69) is 5.10 Å². The number of hydrogen-bond acceptors (Lipinski definition) is 4. The molecule has 0 bridgehead atoms. The summed E-state index contributed by atoms with van der Waals surface area (Å²) in [5, 5.41) is 4.92. The standard InChI is InChI=1S/C24H23F2N3O2/c1-14-5-7-16(8-6-14)13-29-24-22(15(2)28-29)18(23(25)26)12-19(27-24)17-9-10-20(30-3)21(11-17)31-4/h5-12,23H,13H2,1-4H3. The molecule has 0 aliphatic carbocycles. The maximum absolute atomic E-state index is 14.0. The number of aryl methyl sites for hydroxylation is 2. The average Bonchev–Trinajstić information content (AvgIpc) is 3.09. The SMILES string of the molecule is COc1ccc(-c2cc(C(F)F)c3c(C)nn(Cc4ccc(C)cc4)c3n2)cc1OC. The number of alkyl halides is 2. The van der Waals surface area contributed by atoms with Gasteiger partial charge in [-0.1, -0.05) is 29.8 Å². The van der Waals surface area contributed by atoms with Gasteiger partial charge in [-0.15, -0.1) is 0 Å². The number of benzene rings is 2. The summed E-state index contributed by atoms with van der Waals surface area (Å²) in [5.41, 5.74) is 4.13. The molecule has 0 amide bonds. The summed E-state index contributed by atoms with van der Waals surface area (Å²) >= 11 is 0. The second kappa shape index (κ2) is 8.34. The van der Waals surface area contributed by atoms with Gasteiger partial charge in [0.2, 0.25) is 0 Å². The number of ether oxygens (including phenoxy) is 2. The van der Waals surface area contributed by atoms with Gasteiger partial charge in [0, 0.05) is 11.1 Å². The van der Waals surface area contributed by atoms with Crippen LogP contribution in [0.15, 0.2) is 48.5 Å². The van der Waals surface area contributed by atoms with Crippen LogP contribution >= 0.6 is 0 Å². The number of nitrogens with zero attached hydrogens (tertiary/aromatic N) is 3. The molecule has 5 nitrogen and oxygen atoms in total. The van der Waals surface area contributed by atoms with Gasteiger partial charge in [0.25, 0.3) is 6.43 Å². The zero-order valence-electron chi connectivity index (χ0n) is 17.8. The van der Waals surface area contributed by atoms with Gasteiger partial charge < -0.3 is 9.47 Å². The number of fused-ring (bicyclic) bond motifs is 1. The Morgan fingerprint density at radius 1 is 0.935 bits per heavy atom. The first-order valence-electron chi connectivity index (χ1n) is 9.85. The van der Waals surface area contributed by atoms with E-state index in [9.17, 15) is 8.78 Å². The fraction of sp³-hybridized carbons (Fsp3) is 0.250. The fourth-order valence-electron chi connectivity index (χ4n) is 3.68. The molecule has 0 saturated heterocycles. The molecule has 0 unspecified atom stereocenters. The normalized spacial score (nSPS) is 11.3. The molecule has 0 fully saturated rings. The molecule has 0 saturated carbocycles. The predicted molar refractivity (Wildman–Crippen MR) is 116 cm³/mol. The van der Waals surface area contributed by atoms with Crippen LogP contribution in [0.25, 0.3) is 22.3 Å². The smallest absolute Gasteiger partial charge is 0.264 e. The van der Waals surface area contributed by atoms with Crippen LogP contribution in [0.3, 0.4) is 0 Å². The molecular formula is C24H23F2N3O2. The zero-order chi connectivity index (χ0) is 22.1. The highest BCUT2D eigenvalue weighted by atomic mass is 19.3. The summed E-state index contributed by atoms with van der Waals surface area (Å²) in [6.45, 7) is 4.19. The molecule has 2 aromatic carbocycles. The third-order valence-corrected chi connectivity index (χ3v) is 5.28. The van der Waals surface area contributed by atoms with Crippen LogP contribution in [-0.4, -0.2) is 29.0 Å². The lowest BCUT2D eigenvalue weighted by Crippen LogP contribution is -2.04. The van der Waals surface area contributed by atoms with E-state index >= 15 is 0 Å². The Hall–Kier alpha value is -3.48. The summed E-state index contributed by atoms with van der Waals surface area (Å²) < 4.78 is 40.3. The van der Waals surface area contributed by atoms with Crippen molar-refractivity contribution in [2.24, 2.45) is 0 Å². The van der Waals surface area contributed by atoms with Crippen LogP contribution in [0, 0.1) is 13.8 Å². The third-order valence-electron chi connectivity index (χ3n) is 5.28. The van der Waals surface area contributed by atoms with Crippen molar-refractivity contribution in [3.05, 3.63) is 70.9 Å². The van der Waals surface area contributed by atoms with Gasteiger partial charge in [-0.3, -0.25) is 0 Å². The van der Waals surface area contributed by atoms with Gasteiger partial charge in [0.1, 0.15) is 0 Å². The fourth-order valence-corrected chi connectivity index (χ4v) is 3.68. The quantitative estimate of drug-likeness (QED) is 0.398. The largest absolute Gasteiger partial charge is 0.493 e. The minimum Gasteiger partial charge on any atom is -0.493 e. The lowest BCUT2D eigenvalue weighted by molar-refractivity contribution is 0.153. The molecule has 4 aromatic rings. The van der Waals surface area contributed by atoms with Crippen molar-refractivity contribution < 1.29 is 18.3 Å². The molecule has 0 aliphatic rings. The number of halogens is 2. The Morgan fingerprint density at radius 3 is 2.29 bits per heavy atom. The molecule has 160 valence electrons. The van der Waals surface area contributed by atoms with E-state index in [1.54, 1.807) is 36.9 Å². The Bertz CT molecular complexity index is 1230. The molecule has 31 heavy (non-hydrogen) atoms. The second-order valence-electron chi connectivity index (χ2n) is 7.39. The van der Waals surface area contributed by atoms with Crippen LogP contribution in [0.1, 0.15) is 28.8 Å². The topological polar surface area (TPSA) is 49.2 Å². The third kappa shape index (κ3) is 3.95. The van der Waals surface area contributed by atoms with Crippen molar-refractivity contribution in [1.29, 1.82) is 0 Å². The highest BCUT2D eigenvalue weighted by Crippen LogP contribution is 2.36. The van der Waals surface area contributed by atoms with Crippen molar-refractivity contribution in [3.8, 4) is 22.8 Å².